The van der Waals surface area contributed by atoms with Gasteiger partial charge in [-0.25, -0.2) is 14.0 Å². The molecule has 3 N–H and O–H groups in total. The predicted octanol–water partition coefficient (Wildman–Crippen LogP) is 3.93. The molecule has 21 heavy (non-hydrogen) atoms. The Balaban J connectivity index is 2.14. The molecule has 5 nitrogen and oxygen atoms in total. The number of carbonyl (C=O) groups is 2. The summed E-state index contributed by atoms with van der Waals surface area (Å²) in [5, 5.41) is 14.0. The van der Waals surface area contributed by atoms with Crippen molar-refractivity contribution in [3.8, 4) is 0 Å². The van der Waals surface area contributed by atoms with Crippen LogP contribution in [0.25, 0.3) is 0 Å². The third kappa shape index (κ3) is 3.79. The number of hydrogen-bond donors (Lipinski definition) is 3. The lowest BCUT2D eigenvalue weighted by Gasteiger charge is -2.10. The predicted molar refractivity (Wildman–Crippen MR) is 80.1 cm³/mol. The van der Waals surface area contributed by atoms with Gasteiger partial charge in [-0.15, -0.1) is 0 Å². The topological polar surface area (TPSA) is 78.4 Å². The zero-order chi connectivity index (χ0) is 15.4. The van der Waals surface area contributed by atoms with E-state index < -0.39 is 17.8 Å². The first-order valence-corrected chi connectivity index (χ1v) is 6.62. The van der Waals surface area contributed by atoms with Crippen molar-refractivity contribution >= 4 is 39.3 Å². The SMILES string of the molecule is O=C(Nc1ccc(F)cc1Br)Nc1ccccc1C(=O)O. The minimum Gasteiger partial charge on any atom is -0.478 e. The maximum atomic E-state index is 12.9. The van der Waals surface area contributed by atoms with E-state index in [4.69, 9.17) is 5.11 Å². The number of para-hydroxylation sites is 1. The number of urea groups is 1. The molecule has 0 radical (unpaired) electrons. The van der Waals surface area contributed by atoms with E-state index in [-0.39, 0.29) is 11.3 Å². The van der Waals surface area contributed by atoms with Crippen molar-refractivity contribution in [1.29, 1.82) is 0 Å². The van der Waals surface area contributed by atoms with Gasteiger partial charge in [-0.1, -0.05) is 12.1 Å². The number of halogens is 2. The molecule has 0 spiro atoms. The number of rotatable bonds is 3. The van der Waals surface area contributed by atoms with E-state index in [0.29, 0.717) is 10.2 Å². The van der Waals surface area contributed by atoms with E-state index in [1.807, 2.05) is 0 Å². The summed E-state index contributed by atoms with van der Waals surface area (Å²) in [6.07, 6.45) is 0. The van der Waals surface area contributed by atoms with Gasteiger partial charge in [-0.3, -0.25) is 0 Å². The summed E-state index contributed by atoms with van der Waals surface area (Å²) in [6, 6.07) is 9.19. The standard InChI is InChI=1S/C14H10BrFN2O3/c15-10-7-8(16)5-6-12(10)18-14(21)17-11-4-2-1-3-9(11)13(19)20/h1-7H,(H,19,20)(H2,17,18,21). The number of carboxylic acids is 1. The molecule has 2 aromatic rings. The second-order valence-corrected chi connectivity index (χ2v) is 4.91. The molecule has 0 fully saturated rings. The van der Waals surface area contributed by atoms with Gasteiger partial charge in [0.2, 0.25) is 0 Å². The van der Waals surface area contributed by atoms with Crippen molar-refractivity contribution in [3.63, 3.8) is 0 Å². The first-order chi connectivity index (χ1) is 9.97. The van der Waals surface area contributed by atoms with Crippen LogP contribution in [0.2, 0.25) is 0 Å². The molecule has 0 saturated heterocycles. The number of nitrogens with one attached hydrogen (secondary N) is 2. The number of carbonyl (C=O) groups excluding carboxylic acids is 1. The number of benzene rings is 2. The monoisotopic (exact) mass is 352 g/mol. The Hall–Kier alpha value is -2.41. The van der Waals surface area contributed by atoms with Gasteiger partial charge >= 0.3 is 12.0 Å². The molecule has 108 valence electrons. The van der Waals surface area contributed by atoms with E-state index in [2.05, 4.69) is 26.6 Å². The Bertz CT molecular complexity index is 706. The maximum Gasteiger partial charge on any atom is 0.337 e. The van der Waals surface area contributed by atoms with Gasteiger partial charge in [-0.05, 0) is 46.3 Å². The molecule has 0 aliphatic heterocycles. The van der Waals surface area contributed by atoms with Crippen LogP contribution >= 0.6 is 15.9 Å². The average Bonchev–Trinajstić information content (AvgIpc) is 2.42. The van der Waals surface area contributed by atoms with Gasteiger partial charge in [0.25, 0.3) is 0 Å². The molecule has 0 aliphatic rings. The molecule has 0 bridgehead atoms. The second-order valence-electron chi connectivity index (χ2n) is 4.05. The third-order valence-electron chi connectivity index (χ3n) is 2.59. The van der Waals surface area contributed by atoms with Crippen LogP contribution in [0.1, 0.15) is 10.4 Å². The zero-order valence-electron chi connectivity index (χ0n) is 10.6. The van der Waals surface area contributed by atoms with E-state index in [0.717, 1.165) is 0 Å². The summed E-state index contributed by atoms with van der Waals surface area (Å²) < 4.78 is 13.3. The Kier molecular flexibility index (Phi) is 4.54. The summed E-state index contributed by atoms with van der Waals surface area (Å²) in [5.41, 5.74) is 0.508. The summed E-state index contributed by atoms with van der Waals surface area (Å²) in [5.74, 6) is -1.59. The normalized spacial score (nSPS) is 10.0. The maximum absolute atomic E-state index is 12.9. The van der Waals surface area contributed by atoms with E-state index in [9.17, 15) is 14.0 Å². The molecular formula is C14H10BrFN2O3. The van der Waals surface area contributed by atoms with Crippen LogP contribution in [0, 0.1) is 5.82 Å². The highest BCUT2D eigenvalue weighted by molar-refractivity contribution is 9.10. The van der Waals surface area contributed by atoms with Crippen molar-refractivity contribution in [3.05, 3.63) is 58.3 Å². The number of aromatic carboxylic acids is 1. The smallest absolute Gasteiger partial charge is 0.337 e. The summed E-state index contributed by atoms with van der Waals surface area (Å²) in [6.45, 7) is 0. The second kappa shape index (κ2) is 6.36. The number of anilines is 2. The van der Waals surface area contributed by atoms with Gasteiger partial charge in [0, 0.05) is 4.47 Å². The quantitative estimate of drug-likeness (QED) is 0.782. The first-order valence-electron chi connectivity index (χ1n) is 5.83. The van der Waals surface area contributed by atoms with Crippen molar-refractivity contribution in [2.75, 3.05) is 10.6 Å². The minimum atomic E-state index is -1.14. The average molecular weight is 353 g/mol. The lowest BCUT2D eigenvalue weighted by molar-refractivity contribution is 0.0698. The molecule has 7 heteroatoms. The third-order valence-corrected chi connectivity index (χ3v) is 3.24. The first kappa shape index (κ1) is 15.0. The van der Waals surface area contributed by atoms with Crippen LogP contribution in [-0.4, -0.2) is 17.1 Å². The Morgan fingerprint density at radius 3 is 2.38 bits per heavy atom. The highest BCUT2D eigenvalue weighted by Crippen LogP contribution is 2.23. The van der Waals surface area contributed by atoms with Crippen LogP contribution in [0.5, 0.6) is 0 Å². The summed E-state index contributed by atoms with van der Waals surface area (Å²) in [4.78, 5) is 22.9. The highest BCUT2D eigenvalue weighted by Gasteiger charge is 2.12. The van der Waals surface area contributed by atoms with Gasteiger partial charge in [0.05, 0.1) is 16.9 Å². The van der Waals surface area contributed by atoms with Crippen LogP contribution in [0.15, 0.2) is 46.9 Å². The van der Waals surface area contributed by atoms with Crippen molar-refractivity contribution in [1.82, 2.24) is 0 Å². The lowest BCUT2D eigenvalue weighted by Crippen LogP contribution is -2.21. The molecule has 2 aromatic carbocycles. The summed E-state index contributed by atoms with van der Waals surface area (Å²) in [7, 11) is 0. The molecule has 0 unspecified atom stereocenters. The van der Waals surface area contributed by atoms with E-state index >= 15 is 0 Å². The molecule has 0 aromatic heterocycles. The Morgan fingerprint density at radius 2 is 1.71 bits per heavy atom. The molecule has 0 heterocycles. The highest BCUT2D eigenvalue weighted by atomic mass is 79.9. The van der Waals surface area contributed by atoms with Gasteiger partial charge in [0.1, 0.15) is 5.82 Å². The van der Waals surface area contributed by atoms with Crippen LogP contribution in [0.3, 0.4) is 0 Å². The minimum absolute atomic E-state index is 0.0224. The molecule has 0 atom stereocenters. The number of hydrogen-bond acceptors (Lipinski definition) is 2. The van der Waals surface area contributed by atoms with Crippen molar-refractivity contribution in [2.24, 2.45) is 0 Å². The Labute approximate surface area is 127 Å². The number of carboxylic acid groups (broad SMARTS) is 1. The fourth-order valence-corrected chi connectivity index (χ4v) is 2.10. The molecule has 2 rings (SSSR count). The largest absolute Gasteiger partial charge is 0.478 e. The summed E-state index contributed by atoms with van der Waals surface area (Å²) >= 11 is 3.12. The molecule has 2 amide bonds. The van der Waals surface area contributed by atoms with Crippen molar-refractivity contribution < 1.29 is 19.1 Å². The Morgan fingerprint density at radius 1 is 1.05 bits per heavy atom. The molecular weight excluding hydrogens is 343 g/mol. The number of amides is 2. The molecule has 0 saturated carbocycles. The van der Waals surface area contributed by atoms with E-state index in [1.54, 1.807) is 12.1 Å². The van der Waals surface area contributed by atoms with E-state index in [1.165, 1.54) is 30.3 Å². The van der Waals surface area contributed by atoms with Crippen molar-refractivity contribution in [2.45, 2.75) is 0 Å². The van der Waals surface area contributed by atoms with Crippen LogP contribution in [-0.2, 0) is 0 Å². The van der Waals surface area contributed by atoms with Gasteiger partial charge < -0.3 is 15.7 Å². The lowest BCUT2D eigenvalue weighted by atomic mass is 10.2. The fraction of sp³-hybridized carbons (Fsp3) is 0. The fourth-order valence-electron chi connectivity index (χ4n) is 1.65. The van der Waals surface area contributed by atoms with Crippen LogP contribution < -0.4 is 10.6 Å². The van der Waals surface area contributed by atoms with Gasteiger partial charge in [0.15, 0.2) is 0 Å². The van der Waals surface area contributed by atoms with Gasteiger partial charge in [-0.2, -0.15) is 0 Å². The van der Waals surface area contributed by atoms with Crippen LogP contribution in [0.4, 0.5) is 20.6 Å². The molecule has 0 aliphatic carbocycles. The zero-order valence-corrected chi connectivity index (χ0v) is 12.1.